The van der Waals surface area contributed by atoms with Crippen molar-refractivity contribution in [3.8, 4) is 17.2 Å². The van der Waals surface area contributed by atoms with Crippen LogP contribution in [0.1, 0.15) is 59.4 Å². The van der Waals surface area contributed by atoms with Crippen LogP contribution in [-0.2, 0) is 14.2 Å². The number of ketones is 1. The molecule has 1 spiro atoms. The summed E-state index contributed by atoms with van der Waals surface area (Å²) in [5.41, 5.74) is -1.95. The second-order valence-electron chi connectivity index (χ2n) is 12.1. The Morgan fingerprint density at radius 1 is 1.13 bits per heavy atom. The van der Waals surface area contributed by atoms with Crippen LogP contribution in [0.2, 0.25) is 0 Å². The van der Waals surface area contributed by atoms with Gasteiger partial charge in [-0.2, -0.15) is 0 Å². The van der Waals surface area contributed by atoms with E-state index in [0.29, 0.717) is 31.5 Å². The van der Waals surface area contributed by atoms with Gasteiger partial charge in [0.25, 0.3) is 0 Å². The Kier molecular flexibility index (Phi) is 10.5. The van der Waals surface area contributed by atoms with Crippen LogP contribution in [0.5, 0.6) is 17.2 Å². The van der Waals surface area contributed by atoms with Crippen LogP contribution < -0.4 is 4.74 Å². The van der Waals surface area contributed by atoms with Crippen molar-refractivity contribution in [2.45, 2.75) is 70.2 Å². The summed E-state index contributed by atoms with van der Waals surface area (Å²) in [5.74, 6) is -1.17. The number of carboxylic acids is 1. The highest BCUT2D eigenvalue weighted by Crippen LogP contribution is 2.47. The van der Waals surface area contributed by atoms with Gasteiger partial charge in [0, 0.05) is 23.3 Å². The zero-order chi connectivity index (χ0) is 32.6. The second kappa shape index (κ2) is 13.8. The van der Waals surface area contributed by atoms with E-state index in [-0.39, 0.29) is 51.5 Å². The molecule has 2 aromatic rings. The summed E-state index contributed by atoms with van der Waals surface area (Å²) in [6.45, 7) is 5.55. The summed E-state index contributed by atoms with van der Waals surface area (Å²) in [5, 5.41) is 65.1. The van der Waals surface area contributed by atoms with Gasteiger partial charge in [-0.15, -0.1) is 0 Å². The number of benzene rings is 2. The molecule has 3 fully saturated rings. The van der Waals surface area contributed by atoms with Crippen LogP contribution in [0.4, 0.5) is 0 Å². The van der Waals surface area contributed by atoms with Crippen molar-refractivity contribution in [1.29, 1.82) is 0 Å². The Balaban J connectivity index is 1.50. The minimum absolute atomic E-state index is 0.0499. The first-order valence-corrected chi connectivity index (χ1v) is 17.4. The number of hydrogen-bond donors (Lipinski definition) is 6. The van der Waals surface area contributed by atoms with E-state index in [9.17, 15) is 40.2 Å². The standard InChI is InChI=1S/C31H40O12S2/c1-14-4-6-31(41-13-45-44-12-18-11-40-7-5-19(14)18)22(10-32)43-30(27(36)28(31)37)42-21-9-17(29(38)39)8-20-24(21)26(35)23(16(3)33)15(2)25(20)34/h8-9,14,18-19,22,27-28,30,32,34-37H,4-7,10-13H2,1-3H3,(H,38,39). The molecule has 3 aliphatic rings. The van der Waals surface area contributed by atoms with E-state index < -0.39 is 60.1 Å². The molecule has 248 valence electrons. The summed E-state index contributed by atoms with van der Waals surface area (Å²) >= 11 is 0. The van der Waals surface area contributed by atoms with E-state index in [2.05, 4.69) is 6.92 Å². The van der Waals surface area contributed by atoms with Crippen LogP contribution in [0.3, 0.4) is 0 Å². The number of carboxylic acid groups (broad SMARTS) is 1. The van der Waals surface area contributed by atoms with Gasteiger partial charge in [-0.1, -0.05) is 28.5 Å². The van der Waals surface area contributed by atoms with Gasteiger partial charge >= 0.3 is 5.97 Å². The number of phenolic OH excluding ortho intramolecular Hbond substituents is 2. The smallest absolute Gasteiger partial charge is 0.335 e. The Hall–Kier alpha value is -2.30. The highest BCUT2D eigenvalue weighted by atomic mass is 33.1. The lowest BCUT2D eigenvalue weighted by molar-refractivity contribution is -0.322. The zero-order valence-corrected chi connectivity index (χ0v) is 26.9. The molecule has 8 atom stereocenters. The molecular formula is C31H40O12S2. The highest BCUT2D eigenvalue weighted by Gasteiger charge is 2.57. The number of phenols is 2. The fourth-order valence-corrected chi connectivity index (χ4v) is 9.10. The maximum Gasteiger partial charge on any atom is 0.335 e. The Bertz CT molecular complexity index is 1430. The van der Waals surface area contributed by atoms with Crippen molar-refractivity contribution in [3.63, 3.8) is 0 Å². The Labute approximate surface area is 268 Å². The molecule has 12 nitrogen and oxygen atoms in total. The number of rotatable bonds is 5. The second-order valence-corrected chi connectivity index (χ2v) is 14.6. The lowest BCUT2D eigenvalue weighted by Crippen LogP contribution is -2.69. The van der Waals surface area contributed by atoms with E-state index in [4.69, 9.17) is 18.9 Å². The fraction of sp³-hybridized carbons (Fsp3) is 0.613. The van der Waals surface area contributed by atoms with Crippen LogP contribution in [0.15, 0.2) is 12.1 Å². The lowest BCUT2D eigenvalue weighted by Gasteiger charge is -2.50. The normalized spacial score (nSPS) is 32.9. The van der Waals surface area contributed by atoms with Gasteiger partial charge in [0.05, 0.1) is 29.7 Å². The Morgan fingerprint density at radius 2 is 1.89 bits per heavy atom. The minimum atomic E-state index is -1.74. The first-order valence-electron chi connectivity index (χ1n) is 14.9. The van der Waals surface area contributed by atoms with Gasteiger partial charge in [-0.3, -0.25) is 4.79 Å². The SMILES string of the molecule is CC(=O)c1c(C)c(O)c2cc(C(=O)O)cc(OC3OC(CO)C4(CCC(C)C5CCOCC5CSSCO4)C(O)C3O)c2c1O. The molecule has 5 rings (SSSR count). The predicted octanol–water partition coefficient (Wildman–Crippen LogP) is 3.45. The highest BCUT2D eigenvalue weighted by molar-refractivity contribution is 8.76. The third kappa shape index (κ3) is 6.35. The first-order chi connectivity index (χ1) is 21.4. The molecule has 45 heavy (non-hydrogen) atoms. The molecule has 0 amide bonds. The van der Waals surface area contributed by atoms with Gasteiger partial charge in [0.15, 0.2) is 5.78 Å². The molecule has 0 radical (unpaired) electrons. The number of aromatic carboxylic acids is 1. The summed E-state index contributed by atoms with van der Waals surface area (Å²) in [4.78, 5) is 24.4. The van der Waals surface area contributed by atoms with Crippen molar-refractivity contribution in [3.05, 3.63) is 28.8 Å². The van der Waals surface area contributed by atoms with Gasteiger partial charge in [-0.25, -0.2) is 4.79 Å². The maximum atomic E-state index is 12.4. The number of carbonyl (C=O) groups is 2. The molecule has 0 saturated carbocycles. The van der Waals surface area contributed by atoms with Crippen LogP contribution in [0, 0.1) is 24.7 Å². The van der Waals surface area contributed by atoms with Crippen LogP contribution in [0.25, 0.3) is 10.8 Å². The van der Waals surface area contributed by atoms with E-state index in [1.807, 2.05) is 0 Å². The number of aliphatic hydroxyl groups is 3. The molecule has 0 aliphatic carbocycles. The summed E-state index contributed by atoms with van der Waals surface area (Å²) in [7, 11) is 3.11. The predicted molar refractivity (Wildman–Crippen MR) is 167 cm³/mol. The number of fused-ring (bicyclic) bond motifs is 2. The summed E-state index contributed by atoms with van der Waals surface area (Å²) in [6, 6.07) is 2.19. The molecule has 3 aliphatic heterocycles. The van der Waals surface area contributed by atoms with Gasteiger partial charge in [0.1, 0.15) is 47.1 Å². The molecule has 0 bridgehead atoms. The van der Waals surface area contributed by atoms with Crippen molar-refractivity contribution in [2.24, 2.45) is 17.8 Å². The molecule has 14 heteroatoms. The Morgan fingerprint density at radius 3 is 2.58 bits per heavy atom. The van der Waals surface area contributed by atoms with Crippen molar-refractivity contribution < 1.29 is 59.2 Å². The van der Waals surface area contributed by atoms with Crippen molar-refractivity contribution in [2.75, 3.05) is 31.5 Å². The van der Waals surface area contributed by atoms with E-state index in [1.54, 1.807) is 10.8 Å². The van der Waals surface area contributed by atoms with E-state index in [0.717, 1.165) is 24.3 Å². The van der Waals surface area contributed by atoms with Gasteiger partial charge in [0.2, 0.25) is 6.29 Å². The topological polar surface area (TPSA) is 192 Å². The van der Waals surface area contributed by atoms with Crippen molar-refractivity contribution >= 4 is 44.1 Å². The summed E-state index contributed by atoms with van der Waals surface area (Å²) in [6.07, 6.45) is -4.33. The number of ether oxygens (including phenoxy) is 4. The van der Waals surface area contributed by atoms with Crippen molar-refractivity contribution in [1.82, 2.24) is 0 Å². The molecule has 0 aromatic heterocycles. The maximum absolute atomic E-state index is 12.4. The number of aromatic hydroxyl groups is 2. The number of hydrogen-bond acceptors (Lipinski definition) is 13. The molecule has 6 N–H and O–H groups in total. The molecule has 3 heterocycles. The third-order valence-corrected chi connectivity index (χ3v) is 11.7. The van der Waals surface area contributed by atoms with Crippen LogP contribution >= 0.6 is 21.6 Å². The van der Waals surface area contributed by atoms with Gasteiger partial charge < -0.3 is 49.6 Å². The van der Waals surface area contributed by atoms with Crippen LogP contribution in [-0.4, -0.2) is 104 Å². The molecule has 8 unspecified atom stereocenters. The molecular weight excluding hydrogens is 628 g/mol. The summed E-state index contributed by atoms with van der Waals surface area (Å²) < 4.78 is 24.0. The minimum Gasteiger partial charge on any atom is -0.507 e. The number of carbonyl (C=O) groups excluding carboxylic acids is 1. The average molecular weight is 669 g/mol. The monoisotopic (exact) mass is 668 g/mol. The van der Waals surface area contributed by atoms with E-state index >= 15 is 0 Å². The quantitative estimate of drug-likeness (QED) is 0.154. The number of Topliss-reactive ketones (excluding diaryl/α,β-unsaturated/α-hetero) is 1. The largest absolute Gasteiger partial charge is 0.507 e. The lowest BCUT2D eigenvalue weighted by atomic mass is 9.74. The molecule has 2 aromatic carbocycles. The third-order valence-electron chi connectivity index (χ3n) is 9.51. The molecule has 3 saturated heterocycles. The number of aliphatic hydroxyl groups excluding tert-OH is 3. The van der Waals surface area contributed by atoms with E-state index in [1.165, 1.54) is 24.6 Å². The first kappa shape index (κ1) is 34.0. The fourth-order valence-electron chi connectivity index (χ4n) is 6.99. The average Bonchev–Trinajstić information content (AvgIpc) is 3.04. The van der Waals surface area contributed by atoms with Gasteiger partial charge in [-0.05, 0) is 63.0 Å². The zero-order valence-electron chi connectivity index (χ0n) is 25.3.